The molecule has 28 heavy (non-hydrogen) atoms. The van der Waals surface area contributed by atoms with Crippen LogP contribution in [-0.2, 0) is 6.42 Å². The van der Waals surface area contributed by atoms with Gasteiger partial charge in [0.2, 0.25) is 0 Å². The van der Waals surface area contributed by atoms with Gasteiger partial charge in [-0.2, -0.15) is 11.8 Å². The first kappa shape index (κ1) is 21.0. The van der Waals surface area contributed by atoms with E-state index in [-0.39, 0.29) is 0 Å². The predicted molar refractivity (Wildman–Crippen MR) is 123 cm³/mol. The molecule has 0 bridgehead atoms. The lowest BCUT2D eigenvalue weighted by molar-refractivity contribution is 0.294. The molecule has 3 aromatic rings. The van der Waals surface area contributed by atoms with Crippen LogP contribution in [0.5, 0.6) is 11.5 Å². The van der Waals surface area contributed by atoms with Gasteiger partial charge in [0.05, 0.1) is 19.2 Å². The number of para-hydroxylation sites is 1. The molecule has 0 saturated carbocycles. The molecule has 0 fully saturated rings. The third kappa shape index (κ3) is 5.21. The van der Waals surface area contributed by atoms with E-state index < -0.39 is 0 Å². The van der Waals surface area contributed by atoms with Crippen LogP contribution in [0.4, 0.5) is 0 Å². The first-order chi connectivity index (χ1) is 13.6. The Morgan fingerprint density at radius 3 is 2.75 bits per heavy atom. The van der Waals surface area contributed by atoms with Gasteiger partial charge in [0.25, 0.3) is 0 Å². The molecule has 1 heterocycles. The van der Waals surface area contributed by atoms with Gasteiger partial charge in [0.15, 0.2) is 11.5 Å². The van der Waals surface area contributed by atoms with Gasteiger partial charge in [-0.1, -0.05) is 35.0 Å². The molecular formula is C23H26BrNO2S. The predicted octanol–water partition coefficient (Wildman–Crippen LogP) is 6.43. The Balaban J connectivity index is 1.82. The summed E-state index contributed by atoms with van der Waals surface area (Å²) in [5.41, 5.74) is 4.36. The number of halogens is 1. The van der Waals surface area contributed by atoms with E-state index >= 15 is 0 Å². The maximum atomic E-state index is 6.01. The number of hydrogen-bond acceptors (Lipinski definition) is 4. The third-order valence-corrected chi connectivity index (χ3v) is 6.09. The van der Waals surface area contributed by atoms with Crippen molar-refractivity contribution in [1.29, 1.82) is 0 Å². The fourth-order valence-electron chi connectivity index (χ4n) is 3.20. The fourth-order valence-corrected chi connectivity index (χ4v) is 4.19. The SMILES string of the molecule is CCSCCCOc1cccc(Cc2cc3cc(Br)ccc3nc2C)c1OC. The summed E-state index contributed by atoms with van der Waals surface area (Å²) in [6.45, 7) is 4.95. The van der Waals surface area contributed by atoms with E-state index in [9.17, 15) is 0 Å². The molecule has 1 aromatic heterocycles. The van der Waals surface area contributed by atoms with Crippen LogP contribution in [0.15, 0.2) is 46.9 Å². The Bertz CT molecular complexity index is 945. The lowest BCUT2D eigenvalue weighted by Crippen LogP contribution is -2.03. The summed E-state index contributed by atoms with van der Waals surface area (Å²) >= 11 is 5.49. The number of aromatic nitrogens is 1. The molecule has 3 rings (SSSR count). The number of methoxy groups -OCH3 is 1. The summed E-state index contributed by atoms with van der Waals surface area (Å²) in [6, 6.07) is 14.5. The molecule has 0 saturated heterocycles. The smallest absolute Gasteiger partial charge is 0.164 e. The summed E-state index contributed by atoms with van der Waals surface area (Å²) in [6.07, 6.45) is 1.79. The Hall–Kier alpha value is -1.72. The van der Waals surface area contributed by atoms with Gasteiger partial charge in [-0.3, -0.25) is 4.98 Å². The first-order valence-electron chi connectivity index (χ1n) is 9.54. The van der Waals surface area contributed by atoms with Crippen molar-refractivity contribution in [2.75, 3.05) is 25.2 Å². The number of aryl methyl sites for hydroxylation is 1. The molecule has 0 N–H and O–H groups in total. The highest BCUT2D eigenvalue weighted by Crippen LogP contribution is 2.33. The van der Waals surface area contributed by atoms with Crippen molar-refractivity contribution >= 4 is 38.6 Å². The van der Waals surface area contributed by atoms with E-state index in [1.807, 2.05) is 36.0 Å². The number of pyridine rings is 1. The van der Waals surface area contributed by atoms with Gasteiger partial charge in [-0.25, -0.2) is 0 Å². The van der Waals surface area contributed by atoms with E-state index in [0.29, 0.717) is 6.61 Å². The molecule has 0 amide bonds. The second kappa shape index (κ2) is 10.2. The largest absolute Gasteiger partial charge is 0.493 e. The van der Waals surface area contributed by atoms with Crippen molar-refractivity contribution in [1.82, 2.24) is 4.98 Å². The molecule has 0 unspecified atom stereocenters. The van der Waals surface area contributed by atoms with Crippen LogP contribution >= 0.6 is 27.7 Å². The number of benzene rings is 2. The summed E-state index contributed by atoms with van der Waals surface area (Å²) < 4.78 is 12.8. The number of hydrogen-bond donors (Lipinski definition) is 0. The van der Waals surface area contributed by atoms with Crippen LogP contribution in [0.1, 0.15) is 30.2 Å². The minimum Gasteiger partial charge on any atom is -0.493 e. The van der Waals surface area contributed by atoms with Gasteiger partial charge in [-0.15, -0.1) is 0 Å². The summed E-state index contributed by atoms with van der Waals surface area (Å²) in [4.78, 5) is 4.77. The van der Waals surface area contributed by atoms with E-state index in [1.54, 1.807) is 7.11 Å². The molecule has 3 nitrogen and oxygen atoms in total. The first-order valence-corrected chi connectivity index (χ1v) is 11.5. The minimum atomic E-state index is 0.706. The highest BCUT2D eigenvalue weighted by atomic mass is 79.9. The highest BCUT2D eigenvalue weighted by Gasteiger charge is 2.13. The van der Waals surface area contributed by atoms with Crippen LogP contribution in [0.3, 0.4) is 0 Å². The van der Waals surface area contributed by atoms with Gasteiger partial charge >= 0.3 is 0 Å². The fraction of sp³-hybridized carbons (Fsp3) is 0.348. The monoisotopic (exact) mass is 459 g/mol. The number of nitrogens with zero attached hydrogens (tertiary/aromatic N) is 1. The van der Waals surface area contributed by atoms with Crippen LogP contribution < -0.4 is 9.47 Å². The van der Waals surface area contributed by atoms with Gasteiger partial charge in [0, 0.05) is 27.5 Å². The molecule has 0 spiro atoms. The lowest BCUT2D eigenvalue weighted by Gasteiger charge is -2.15. The van der Waals surface area contributed by atoms with Crippen molar-refractivity contribution in [2.24, 2.45) is 0 Å². The third-order valence-electron chi connectivity index (χ3n) is 4.61. The molecule has 0 radical (unpaired) electrons. The highest BCUT2D eigenvalue weighted by molar-refractivity contribution is 9.10. The van der Waals surface area contributed by atoms with E-state index in [0.717, 1.165) is 62.5 Å². The van der Waals surface area contributed by atoms with E-state index in [1.165, 1.54) is 5.56 Å². The zero-order valence-corrected chi connectivity index (χ0v) is 19.0. The molecule has 0 aliphatic heterocycles. The van der Waals surface area contributed by atoms with E-state index in [4.69, 9.17) is 14.5 Å². The topological polar surface area (TPSA) is 31.4 Å². The molecule has 148 valence electrons. The quantitative estimate of drug-likeness (QED) is 0.345. The van der Waals surface area contributed by atoms with Crippen LogP contribution in [0.25, 0.3) is 10.9 Å². The molecular weight excluding hydrogens is 434 g/mol. The Morgan fingerprint density at radius 1 is 1.11 bits per heavy atom. The Kier molecular flexibility index (Phi) is 7.63. The second-order valence-electron chi connectivity index (χ2n) is 6.59. The number of fused-ring (bicyclic) bond motifs is 1. The lowest BCUT2D eigenvalue weighted by atomic mass is 10.0. The van der Waals surface area contributed by atoms with E-state index in [2.05, 4.69) is 48.0 Å². The molecule has 0 aliphatic rings. The van der Waals surface area contributed by atoms with Crippen LogP contribution in [0.2, 0.25) is 0 Å². The maximum absolute atomic E-state index is 6.01. The van der Waals surface area contributed by atoms with Gasteiger partial charge < -0.3 is 9.47 Å². The Morgan fingerprint density at radius 2 is 1.96 bits per heavy atom. The molecule has 2 aromatic carbocycles. The van der Waals surface area contributed by atoms with Gasteiger partial charge in [0.1, 0.15) is 0 Å². The van der Waals surface area contributed by atoms with Crippen LogP contribution in [-0.4, -0.2) is 30.2 Å². The normalized spacial score (nSPS) is 11.0. The standard InChI is InChI=1S/C23H26BrNO2S/c1-4-28-12-6-11-27-22-8-5-7-17(23(22)26-3)13-18-14-19-15-20(24)9-10-21(19)25-16(18)2/h5,7-10,14-15H,4,6,11-13H2,1-3H3. The average molecular weight is 460 g/mol. The molecule has 5 heteroatoms. The minimum absolute atomic E-state index is 0.706. The van der Waals surface area contributed by atoms with Gasteiger partial charge in [-0.05, 0) is 60.7 Å². The van der Waals surface area contributed by atoms with Crippen molar-refractivity contribution in [2.45, 2.75) is 26.7 Å². The van der Waals surface area contributed by atoms with Crippen molar-refractivity contribution in [3.8, 4) is 11.5 Å². The summed E-state index contributed by atoms with van der Waals surface area (Å²) in [5.74, 6) is 3.90. The zero-order valence-electron chi connectivity index (χ0n) is 16.6. The van der Waals surface area contributed by atoms with Crippen molar-refractivity contribution in [3.63, 3.8) is 0 Å². The average Bonchev–Trinajstić information content (AvgIpc) is 2.69. The maximum Gasteiger partial charge on any atom is 0.164 e. The molecule has 0 atom stereocenters. The number of rotatable bonds is 9. The van der Waals surface area contributed by atoms with Crippen molar-refractivity contribution in [3.05, 3.63) is 63.8 Å². The van der Waals surface area contributed by atoms with Crippen LogP contribution in [0, 0.1) is 6.92 Å². The van der Waals surface area contributed by atoms with Crippen molar-refractivity contribution < 1.29 is 9.47 Å². The second-order valence-corrected chi connectivity index (χ2v) is 8.90. The molecule has 0 aliphatic carbocycles. The number of thioether (sulfide) groups is 1. The Labute approximate surface area is 180 Å². The summed E-state index contributed by atoms with van der Waals surface area (Å²) in [5, 5.41) is 1.13. The number of ether oxygens (including phenoxy) is 2. The zero-order chi connectivity index (χ0) is 19.9. The summed E-state index contributed by atoms with van der Waals surface area (Å²) in [7, 11) is 1.71.